The third kappa shape index (κ3) is 6.11. The number of nitrogens with zero attached hydrogens (tertiary/aromatic N) is 3. The third-order valence-electron chi connectivity index (χ3n) is 8.91. The second-order valence-corrected chi connectivity index (χ2v) is 15.0. The maximum atomic E-state index is 14.6. The highest BCUT2D eigenvalue weighted by molar-refractivity contribution is 9.09. The van der Waals surface area contributed by atoms with E-state index in [4.69, 9.17) is 0 Å². The minimum Gasteiger partial charge on any atom is -0.394 e. The Morgan fingerprint density at radius 3 is 2.43 bits per heavy atom. The van der Waals surface area contributed by atoms with Gasteiger partial charge in [0, 0.05) is 36.3 Å². The first-order chi connectivity index (χ1) is 20.1. The molecule has 3 amide bonds. The topological polar surface area (TPSA) is 81.2 Å². The van der Waals surface area contributed by atoms with Crippen molar-refractivity contribution in [2.24, 2.45) is 17.8 Å². The minimum atomic E-state index is -0.754. The standard InChI is InChI=1S/C33H46BrN3O4S/c1-6-9-17-35(15-7-2)32(41)29-33-19-25(34)28(42-33)26(27(33)31(40)37(29)24(21-38)18-22(4)5)30(39)36(16-8-3)20-23-13-11-10-12-14-23/h7-8,10-14,22,24-29,38H,2-3,6,9,15-21H2,1,4-5H3/t24-,25?,26-,27+,28-,29?,33?/m1/s1. The molecule has 3 aliphatic heterocycles. The van der Waals surface area contributed by atoms with Gasteiger partial charge in [-0.3, -0.25) is 14.4 Å². The number of likely N-dealkylation sites (tertiary alicyclic amines) is 1. The number of hydrogen-bond acceptors (Lipinski definition) is 5. The molecule has 9 heteroatoms. The summed E-state index contributed by atoms with van der Waals surface area (Å²) in [7, 11) is 0. The average molecular weight is 661 g/mol. The molecule has 4 rings (SSSR count). The normalized spacial score (nSPS) is 28.6. The lowest BCUT2D eigenvalue weighted by Crippen LogP contribution is -2.58. The van der Waals surface area contributed by atoms with Gasteiger partial charge in [-0.2, -0.15) is 0 Å². The maximum absolute atomic E-state index is 14.6. The number of aliphatic hydroxyl groups is 1. The highest BCUT2D eigenvalue weighted by Gasteiger charge is 2.76. The fourth-order valence-corrected chi connectivity index (χ4v) is 10.8. The van der Waals surface area contributed by atoms with Crippen LogP contribution in [0.2, 0.25) is 0 Å². The van der Waals surface area contributed by atoms with Crippen molar-refractivity contribution in [3.8, 4) is 0 Å². The van der Waals surface area contributed by atoms with Crippen molar-refractivity contribution in [2.75, 3.05) is 26.2 Å². The van der Waals surface area contributed by atoms with Gasteiger partial charge in [-0.1, -0.05) is 85.6 Å². The van der Waals surface area contributed by atoms with Crippen molar-refractivity contribution in [2.45, 2.75) is 79.9 Å². The maximum Gasteiger partial charge on any atom is 0.247 e. The molecule has 7 nitrogen and oxygen atoms in total. The Hall–Kier alpha value is -2.10. The van der Waals surface area contributed by atoms with E-state index >= 15 is 0 Å². The smallest absolute Gasteiger partial charge is 0.247 e. The average Bonchev–Trinajstić information content (AvgIpc) is 3.56. The molecule has 0 aromatic heterocycles. The Morgan fingerprint density at radius 2 is 1.83 bits per heavy atom. The van der Waals surface area contributed by atoms with E-state index in [1.807, 2.05) is 35.2 Å². The largest absolute Gasteiger partial charge is 0.394 e. The quantitative estimate of drug-likeness (QED) is 0.214. The Balaban J connectivity index is 1.78. The van der Waals surface area contributed by atoms with Gasteiger partial charge in [-0.15, -0.1) is 24.9 Å². The van der Waals surface area contributed by atoms with Gasteiger partial charge in [-0.05, 0) is 30.7 Å². The van der Waals surface area contributed by atoms with Crippen LogP contribution < -0.4 is 0 Å². The van der Waals surface area contributed by atoms with E-state index in [9.17, 15) is 19.5 Å². The van der Waals surface area contributed by atoms with E-state index < -0.39 is 28.7 Å². The molecule has 3 unspecified atom stereocenters. The number of alkyl halides is 1. The number of carbonyl (C=O) groups is 3. The van der Waals surface area contributed by atoms with Crippen LogP contribution in [0.15, 0.2) is 55.6 Å². The molecule has 0 aliphatic carbocycles. The summed E-state index contributed by atoms with van der Waals surface area (Å²) in [6.07, 6.45) is 6.43. The number of fused-ring (bicyclic) bond motifs is 1. The number of amides is 3. The molecule has 1 N–H and O–H groups in total. The van der Waals surface area contributed by atoms with Crippen LogP contribution in [0.1, 0.15) is 52.0 Å². The molecule has 7 atom stereocenters. The van der Waals surface area contributed by atoms with Crippen LogP contribution in [0.3, 0.4) is 0 Å². The number of halogens is 1. The number of rotatable bonds is 15. The Morgan fingerprint density at radius 1 is 1.17 bits per heavy atom. The number of thioether (sulfide) groups is 1. The molecule has 1 spiro atoms. The molecular formula is C33H46BrN3O4S. The summed E-state index contributed by atoms with van der Waals surface area (Å²) in [6.45, 7) is 15.5. The second-order valence-electron chi connectivity index (χ2n) is 12.3. The van der Waals surface area contributed by atoms with Crippen molar-refractivity contribution < 1.29 is 19.5 Å². The third-order valence-corrected chi connectivity index (χ3v) is 12.1. The van der Waals surface area contributed by atoms with E-state index in [2.05, 4.69) is 49.9 Å². The van der Waals surface area contributed by atoms with Crippen LogP contribution >= 0.6 is 27.7 Å². The Kier molecular flexibility index (Phi) is 11.0. The van der Waals surface area contributed by atoms with Gasteiger partial charge < -0.3 is 19.8 Å². The lowest BCUT2D eigenvalue weighted by atomic mass is 9.70. The molecule has 0 saturated carbocycles. The van der Waals surface area contributed by atoms with Crippen molar-refractivity contribution in [3.63, 3.8) is 0 Å². The summed E-state index contributed by atoms with van der Waals surface area (Å²) in [4.78, 5) is 48.9. The molecule has 1 aromatic carbocycles. The van der Waals surface area contributed by atoms with Crippen LogP contribution in [-0.2, 0) is 20.9 Å². The number of carbonyl (C=O) groups excluding carboxylic acids is 3. The van der Waals surface area contributed by atoms with Crippen LogP contribution in [0.5, 0.6) is 0 Å². The summed E-state index contributed by atoms with van der Waals surface area (Å²) < 4.78 is -0.754. The fraction of sp³-hybridized carbons (Fsp3) is 0.606. The van der Waals surface area contributed by atoms with Gasteiger partial charge in [0.25, 0.3) is 0 Å². The van der Waals surface area contributed by atoms with Crippen molar-refractivity contribution in [1.82, 2.24) is 14.7 Å². The van der Waals surface area contributed by atoms with Gasteiger partial charge in [0.2, 0.25) is 17.7 Å². The number of benzene rings is 1. The lowest BCUT2D eigenvalue weighted by Gasteiger charge is -2.40. The first-order valence-electron chi connectivity index (χ1n) is 15.2. The van der Waals surface area contributed by atoms with E-state index in [1.165, 1.54) is 0 Å². The predicted octanol–water partition coefficient (Wildman–Crippen LogP) is 4.89. The zero-order valence-electron chi connectivity index (χ0n) is 25.2. The minimum absolute atomic E-state index is 0.0146. The monoisotopic (exact) mass is 659 g/mol. The molecule has 3 saturated heterocycles. The highest BCUT2D eigenvalue weighted by Crippen LogP contribution is 2.68. The second kappa shape index (κ2) is 14.1. The van der Waals surface area contributed by atoms with Crippen molar-refractivity contribution >= 4 is 45.4 Å². The predicted molar refractivity (Wildman–Crippen MR) is 173 cm³/mol. The molecule has 2 bridgehead atoms. The van der Waals surface area contributed by atoms with E-state index in [0.29, 0.717) is 39.0 Å². The number of unbranched alkanes of at least 4 members (excludes halogenated alkanes) is 1. The van der Waals surface area contributed by atoms with E-state index in [1.54, 1.807) is 33.7 Å². The summed E-state index contributed by atoms with van der Waals surface area (Å²) >= 11 is 5.53. The summed E-state index contributed by atoms with van der Waals surface area (Å²) in [5.41, 5.74) is 1.01. The molecule has 230 valence electrons. The molecule has 42 heavy (non-hydrogen) atoms. The SMILES string of the molecule is C=CCN(CCCC)C(=O)C1N([C@@H](CO)CC(C)C)C(=O)[C@@H]2[C@@H](C(=O)N(CC=C)Cc3ccccc3)[C@@H]3SC12CC3Br. The summed E-state index contributed by atoms with van der Waals surface area (Å²) in [5.74, 6) is -1.35. The van der Waals surface area contributed by atoms with Crippen LogP contribution in [0, 0.1) is 17.8 Å². The van der Waals surface area contributed by atoms with Crippen molar-refractivity contribution in [1.29, 1.82) is 0 Å². The lowest BCUT2D eigenvalue weighted by molar-refractivity contribution is -0.147. The molecule has 3 heterocycles. The molecule has 3 aliphatic rings. The van der Waals surface area contributed by atoms with E-state index in [0.717, 1.165) is 18.4 Å². The van der Waals surface area contributed by atoms with Crippen LogP contribution in [-0.4, -0.2) is 90.7 Å². The fourth-order valence-electron chi connectivity index (χ4n) is 7.21. The van der Waals surface area contributed by atoms with Gasteiger partial charge in [0.05, 0.1) is 29.2 Å². The highest BCUT2D eigenvalue weighted by atomic mass is 79.9. The molecule has 0 radical (unpaired) electrons. The van der Waals surface area contributed by atoms with E-state index in [-0.39, 0.29) is 40.3 Å². The first kappa shape index (κ1) is 32.8. The number of hydrogen-bond donors (Lipinski definition) is 1. The zero-order valence-corrected chi connectivity index (χ0v) is 27.6. The van der Waals surface area contributed by atoms with Crippen LogP contribution in [0.25, 0.3) is 0 Å². The van der Waals surface area contributed by atoms with Gasteiger partial charge >= 0.3 is 0 Å². The van der Waals surface area contributed by atoms with Gasteiger partial charge in [0.15, 0.2) is 0 Å². The number of aliphatic hydroxyl groups excluding tert-OH is 1. The summed E-state index contributed by atoms with van der Waals surface area (Å²) in [5, 5.41) is 10.4. The van der Waals surface area contributed by atoms with Crippen LogP contribution in [0.4, 0.5) is 0 Å². The van der Waals surface area contributed by atoms with Gasteiger partial charge in [-0.25, -0.2) is 0 Å². The molecular weight excluding hydrogens is 614 g/mol. The van der Waals surface area contributed by atoms with Gasteiger partial charge in [0.1, 0.15) is 6.04 Å². The Labute approximate surface area is 263 Å². The summed E-state index contributed by atoms with van der Waals surface area (Å²) in [6, 6.07) is 8.59. The molecule has 3 fully saturated rings. The van der Waals surface area contributed by atoms with Crippen molar-refractivity contribution in [3.05, 3.63) is 61.2 Å². The first-order valence-corrected chi connectivity index (χ1v) is 17.0. The zero-order chi connectivity index (χ0) is 30.6. The molecule has 1 aromatic rings. The Bertz CT molecular complexity index is 1150.